The van der Waals surface area contributed by atoms with Crippen molar-refractivity contribution in [1.82, 2.24) is 0 Å². The topological polar surface area (TPSA) is 60.2 Å². The maximum Gasteiger partial charge on any atom is 0.286 e. The smallest absolute Gasteiger partial charge is 0.286 e. The Morgan fingerprint density at radius 2 is 1.73 bits per heavy atom. The third kappa shape index (κ3) is 1.53. The molecule has 0 radical (unpaired) electrons. The van der Waals surface area contributed by atoms with Crippen molar-refractivity contribution in [2.45, 2.75) is 30.6 Å². The van der Waals surface area contributed by atoms with Crippen LogP contribution in [0.4, 0.5) is 0 Å². The predicted molar refractivity (Wildman–Crippen MR) is 41.3 cm³/mol. The number of Topliss-reactive ketones (excluding diaryl/α,β-unsaturated/α-hetero) is 1. The van der Waals surface area contributed by atoms with Crippen LogP contribution in [0.3, 0.4) is 0 Å². The molecular weight excluding hydrogens is 166 g/mol. The molecule has 0 aliphatic heterocycles. The minimum absolute atomic E-state index is 0.580. The van der Waals surface area contributed by atoms with Crippen LogP contribution in [0.1, 0.15) is 25.7 Å². The van der Waals surface area contributed by atoms with Crippen LogP contribution in [0, 0.1) is 0 Å². The maximum absolute atomic E-state index is 11.1. The number of hydrogen-bond acceptors (Lipinski definition) is 2. The molecule has 1 aliphatic rings. The zero-order valence-electron chi connectivity index (χ0n) is 6.10. The number of nitrogens with two attached hydrogens (primary N) is 1. The predicted octanol–water partition coefficient (Wildman–Crippen LogP) is 0.592. The van der Waals surface area contributed by atoms with Crippen molar-refractivity contribution < 1.29 is 9.59 Å². The Morgan fingerprint density at radius 1 is 1.27 bits per heavy atom. The number of carbonyl (C=O) groups excluding carboxylic acids is 2. The molecule has 0 heterocycles. The molecule has 0 aromatic rings. The highest BCUT2D eigenvalue weighted by atomic mass is 35.5. The lowest BCUT2D eigenvalue weighted by molar-refractivity contribution is -0.137. The fourth-order valence-corrected chi connectivity index (χ4v) is 1.74. The highest BCUT2D eigenvalue weighted by Crippen LogP contribution is 2.36. The minimum Gasteiger partial charge on any atom is -0.363 e. The molecule has 1 rings (SSSR count). The molecule has 62 valence electrons. The first-order chi connectivity index (χ1) is 5.06. The molecule has 1 amide bonds. The van der Waals surface area contributed by atoms with E-state index in [1.807, 2.05) is 0 Å². The van der Waals surface area contributed by atoms with Gasteiger partial charge in [0.2, 0.25) is 5.78 Å². The Bertz CT molecular complexity index is 197. The van der Waals surface area contributed by atoms with Gasteiger partial charge in [0.25, 0.3) is 5.91 Å². The SMILES string of the molecule is NC(=O)C(=O)C1(Cl)CCCC1. The van der Waals surface area contributed by atoms with Gasteiger partial charge in [-0.25, -0.2) is 0 Å². The van der Waals surface area contributed by atoms with E-state index in [-0.39, 0.29) is 0 Å². The second-order valence-corrected chi connectivity index (χ2v) is 3.59. The zero-order valence-corrected chi connectivity index (χ0v) is 6.86. The first-order valence-electron chi connectivity index (χ1n) is 3.59. The van der Waals surface area contributed by atoms with Crippen LogP contribution in [-0.4, -0.2) is 16.6 Å². The van der Waals surface area contributed by atoms with Gasteiger partial charge in [0, 0.05) is 0 Å². The number of ketones is 1. The largest absolute Gasteiger partial charge is 0.363 e. The number of hydrogen-bond donors (Lipinski definition) is 1. The summed E-state index contributed by atoms with van der Waals surface area (Å²) < 4.78 is 0. The Hall–Kier alpha value is -0.570. The quantitative estimate of drug-likeness (QED) is 0.493. The highest BCUT2D eigenvalue weighted by Gasteiger charge is 2.41. The van der Waals surface area contributed by atoms with Gasteiger partial charge in [0.15, 0.2) is 0 Å². The Labute approximate surface area is 69.9 Å². The number of alkyl halides is 1. The molecule has 0 aromatic carbocycles. The Kier molecular flexibility index (Phi) is 2.18. The highest BCUT2D eigenvalue weighted by molar-refractivity contribution is 6.51. The average molecular weight is 176 g/mol. The summed E-state index contributed by atoms with van der Waals surface area (Å²) in [4.78, 5) is 20.6. The summed E-state index contributed by atoms with van der Waals surface area (Å²) >= 11 is 5.87. The summed E-state index contributed by atoms with van der Waals surface area (Å²) in [5, 5.41) is 0. The first-order valence-corrected chi connectivity index (χ1v) is 3.97. The summed E-state index contributed by atoms with van der Waals surface area (Å²) in [5.41, 5.74) is 4.83. The van der Waals surface area contributed by atoms with Crippen molar-refractivity contribution in [3.8, 4) is 0 Å². The monoisotopic (exact) mass is 175 g/mol. The van der Waals surface area contributed by atoms with E-state index in [0.717, 1.165) is 12.8 Å². The van der Waals surface area contributed by atoms with E-state index in [2.05, 4.69) is 0 Å². The van der Waals surface area contributed by atoms with Gasteiger partial charge in [-0.1, -0.05) is 12.8 Å². The molecule has 0 saturated heterocycles. The van der Waals surface area contributed by atoms with E-state index < -0.39 is 16.6 Å². The molecule has 1 fully saturated rings. The molecule has 0 unspecified atom stereocenters. The molecule has 1 aliphatic carbocycles. The van der Waals surface area contributed by atoms with Gasteiger partial charge in [-0.15, -0.1) is 11.6 Å². The van der Waals surface area contributed by atoms with E-state index in [1.165, 1.54) is 0 Å². The fourth-order valence-electron chi connectivity index (χ4n) is 1.38. The van der Waals surface area contributed by atoms with Crippen LogP contribution < -0.4 is 5.73 Å². The molecule has 11 heavy (non-hydrogen) atoms. The van der Waals surface area contributed by atoms with Crippen molar-refractivity contribution in [3.63, 3.8) is 0 Å². The summed E-state index contributed by atoms with van der Waals surface area (Å²) in [6, 6.07) is 0. The third-order valence-electron chi connectivity index (χ3n) is 2.03. The van der Waals surface area contributed by atoms with Crippen molar-refractivity contribution >= 4 is 23.3 Å². The van der Waals surface area contributed by atoms with Crippen LogP contribution in [0.15, 0.2) is 0 Å². The van der Waals surface area contributed by atoms with Crippen LogP contribution >= 0.6 is 11.6 Å². The molecule has 0 spiro atoms. The number of halogens is 1. The Balaban J connectivity index is 2.71. The number of carbonyl (C=O) groups is 2. The lowest BCUT2D eigenvalue weighted by Gasteiger charge is -2.15. The van der Waals surface area contributed by atoms with Gasteiger partial charge in [-0.05, 0) is 12.8 Å². The average Bonchev–Trinajstić information content (AvgIpc) is 2.35. The Morgan fingerprint density at radius 3 is 2.09 bits per heavy atom. The number of amides is 1. The van der Waals surface area contributed by atoms with Crippen molar-refractivity contribution in [2.24, 2.45) is 5.73 Å². The van der Waals surface area contributed by atoms with Crippen LogP contribution in [0.5, 0.6) is 0 Å². The molecule has 1 saturated carbocycles. The van der Waals surface area contributed by atoms with Crippen molar-refractivity contribution in [3.05, 3.63) is 0 Å². The van der Waals surface area contributed by atoms with E-state index in [0.29, 0.717) is 12.8 Å². The van der Waals surface area contributed by atoms with Gasteiger partial charge in [-0.2, -0.15) is 0 Å². The fraction of sp³-hybridized carbons (Fsp3) is 0.714. The summed E-state index contributed by atoms with van der Waals surface area (Å²) in [5.74, 6) is -1.54. The molecule has 2 N–H and O–H groups in total. The van der Waals surface area contributed by atoms with Crippen molar-refractivity contribution in [2.75, 3.05) is 0 Å². The van der Waals surface area contributed by atoms with Crippen LogP contribution in [0.2, 0.25) is 0 Å². The standard InChI is InChI=1S/C7H10ClNO2/c8-7(3-1-2-4-7)5(10)6(9)11/h1-4H2,(H2,9,11). The van der Waals surface area contributed by atoms with E-state index >= 15 is 0 Å². The molecule has 0 aromatic heterocycles. The lowest BCUT2D eigenvalue weighted by Crippen LogP contribution is -2.39. The van der Waals surface area contributed by atoms with Gasteiger partial charge < -0.3 is 5.73 Å². The molecular formula is C7H10ClNO2. The lowest BCUT2D eigenvalue weighted by atomic mass is 10.0. The van der Waals surface area contributed by atoms with E-state index in [4.69, 9.17) is 17.3 Å². The van der Waals surface area contributed by atoms with Crippen LogP contribution in [-0.2, 0) is 9.59 Å². The summed E-state index contributed by atoms with van der Waals surface area (Å²) in [6.45, 7) is 0. The molecule has 4 heteroatoms. The van der Waals surface area contributed by atoms with E-state index in [1.54, 1.807) is 0 Å². The normalized spacial score (nSPS) is 21.5. The number of rotatable bonds is 2. The van der Waals surface area contributed by atoms with Gasteiger partial charge in [0.1, 0.15) is 4.87 Å². The second kappa shape index (κ2) is 2.81. The van der Waals surface area contributed by atoms with E-state index in [9.17, 15) is 9.59 Å². The molecule has 3 nitrogen and oxygen atoms in total. The number of primary amides is 1. The summed E-state index contributed by atoms with van der Waals surface area (Å²) in [6.07, 6.45) is 2.97. The van der Waals surface area contributed by atoms with Crippen molar-refractivity contribution in [1.29, 1.82) is 0 Å². The minimum atomic E-state index is -0.966. The molecule has 0 bridgehead atoms. The zero-order chi connectivity index (χ0) is 8.48. The molecule has 0 atom stereocenters. The second-order valence-electron chi connectivity index (χ2n) is 2.87. The maximum atomic E-state index is 11.1. The van der Waals surface area contributed by atoms with Gasteiger partial charge in [0.05, 0.1) is 0 Å². The van der Waals surface area contributed by atoms with Gasteiger partial charge >= 0.3 is 0 Å². The summed E-state index contributed by atoms with van der Waals surface area (Å²) in [7, 11) is 0. The van der Waals surface area contributed by atoms with Gasteiger partial charge in [-0.3, -0.25) is 9.59 Å². The third-order valence-corrected chi connectivity index (χ3v) is 2.58. The first kappa shape index (κ1) is 8.53. The van der Waals surface area contributed by atoms with Crippen LogP contribution in [0.25, 0.3) is 0 Å².